The van der Waals surface area contributed by atoms with Gasteiger partial charge >= 0.3 is 0 Å². The maximum Gasteiger partial charge on any atom is 0.255 e. The Morgan fingerprint density at radius 1 is 1.09 bits per heavy atom. The Morgan fingerprint density at radius 2 is 1.91 bits per heavy atom. The first-order chi connectivity index (χ1) is 17.0. The number of hydrogen-bond acceptors (Lipinski definition) is 6. The van der Waals surface area contributed by atoms with E-state index in [1.165, 1.54) is 17.0 Å². The number of anilines is 1. The monoisotopic (exact) mass is 476 g/mol. The number of aromatic nitrogens is 2. The van der Waals surface area contributed by atoms with E-state index in [-0.39, 0.29) is 31.2 Å². The van der Waals surface area contributed by atoms with Crippen LogP contribution >= 0.6 is 0 Å². The summed E-state index contributed by atoms with van der Waals surface area (Å²) in [5.41, 5.74) is 4.01. The number of benzene rings is 1. The molecule has 0 bridgehead atoms. The lowest BCUT2D eigenvalue weighted by Crippen LogP contribution is -2.52. The first-order valence-corrected chi connectivity index (χ1v) is 11.8. The van der Waals surface area contributed by atoms with E-state index in [2.05, 4.69) is 26.3 Å². The van der Waals surface area contributed by atoms with E-state index >= 15 is 0 Å². The highest BCUT2D eigenvalue weighted by Gasteiger charge is 2.41. The number of halogens is 1. The number of hydrogen-bond donors (Lipinski definition) is 1. The molecule has 0 saturated carbocycles. The molecular formula is C25H25FN6O3. The lowest BCUT2D eigenvalue weighted by molar-refractivity contribution is -0.136. The molecule has 0 spiro atoms. The van der Waals surface area contributed by atoms with E-state index in [0.29, 0.717) is 24.3 Å². The summed E-state index contributed by atoms with van der Waals surface area (Å²) in [7, 11) is 0. The van der Waals surface area contributed by atoms with Gasteiger partial charge in [-0.1, -0.05) is 6.07 Å². The van der Waals surface area contributed by atoms with E-state index in [1.54, 1.807) is 0 Å². The topological polar surface area (TPSA) is 90.3 Å². The summed E-state index contributed by atoms with van der Waals surface area (Å²) in [6.45, 7) is 3.99. The predicted molar refractivity (Wildman–Crippen MR) is 125 cm³/mol. The molecule has 5 heterocycles. The minimum absolute atomic E-state index is 0.187. The van der Waals surface area contributed by atoms with E-state index in [0.717, 1.165) is 36.3 Å². The Hall–Kier alpha value is -3.79. The zero-order valence-corrected chi connectivity index (χ0v) is 19.1. The highest BCUT2D eigenvalue weighted by molar-refractivity contribution is 6.06. The zero-order chi connectivity index (χ0) is 24.1. The van der Waals surface area contributed by atoms with Crippen molar-refractivity contribution in [1.29, 1.82) is 0 Å². The van der Waals surface area contributed by atoms with Gasteiger partial charge in [0.15, 0.2) is 0 Å². The Bertz CT molecular complexity index is 1350. The molecule has 2 saturated heterocycles. The number of carbonyl (C=O) groups excluding carboxylic acids is 3. The Balaban J connectivity index is 1.18. The maximum absolute atomic E-state index is 14.6. The molecule has 3 aliphatic heterocycles. The average Bonchev–Trinajstić information content (AvgIpc) is 3.40. The second-order valence-electron chi connectivity index (χ2n) is 9.31. The van der Waals surface area contributed by atoms with Crippen LogP contribution in [0.2, 0.25) is 0 Å². The molecule has 3 aromatic rings. The Labute approximate surface area is 201 Å². The summed E-state index contributed by atoms with van der Waals surface area (Å²) >= 11 is 0. The van der Waals surface area contributed by atoms with Crippen molar-refractivity contribution in [3.8, 4) is 0 Å². The second kappa shape index (κ2) is 8.46. The van der Waals surface area contributed by atoms with Gasteiger partial charge in [0.25, 0.3) is 5.91 Å². The number of rotatable bonds is 4. The molecule has 3 aliphatic rings. The normalized spacial score (nSPS) is 21.1. The van der Waals surface area contributed by atoms with Gasteiger partial charge in [-0.3, -0.25) is 24.6 Å². The van der Waals surface area contributed by atoms with Crippen molar-refractivity contribution in [2.45, 2.75) is 32.0 Å². The fourth-order valence-electron chi connectivity index (χ4n) is 5.39. The summed E-state index contributed by atoms with van der Waals surface area (Å²) in [6.07, 6.45) is 4.30. The van der Waals surface area contributed by atoms with Gasteiger partial charge < -0.3 is 9.80 Å². The average molecular weight is 477 g/mol. The SMILES string of the molecule is O=C1CCC(N2Cc3c(cc(F)cc3N3CCN(Cc4cnn5ccccc45)CC3)C2=O)C(=O)N1. The van der Waals surface area contributed by atoms with E-state index in [4.69, 9.17) is 0 Å². The fraction of sp³-hybridized carbons (Fsp3) is 0.360. The molecule has 10 heteroatoms. The van der Waals surface area contributed by atoms with Gasteiger partial charge in [-0.25, -0.2) is 8.91 Å². The molecule has 1 atom stereocenters. The van der Waals surface area contributed by atoms with E-state index < -0.39 is 17.8 Å². The molecule has 0 radical (unpaired) electrons. The number of piperazine rings is 1. The van der Waals surface area contributed by atoms with Gasteiger partial charge in [-0.2, -0.15) is 5.10 Å². The number of carbonyl (C=O) groups is 3. The summed E-state index contributed by atoms with van der Waals surface area (Å²) in [6, 6.07) is 8.04. The number of nitrogens with zero attached hydrogens (tertiary/aromatic N) is 5. The van der Waals surface area contributed by atoms with Crippen LogP contribution in [0, 0.1) is 5.82 Å². The van der Waals surface area contributed by atoms with Gasteiger partial charge in [-0.05, 0) is 30.7 Å². The quantitative estimate of drug-likeness (QED) is 0.575. The van der Waals surface area contributed by atoms with Crippen molar-refractivity contribution in [3.63, 3.8) is 0 Å². The van der Waals surface area contributed by atoms with Crippen LogP contribution in [0.3, 0.4) is 0 Å². The van der Waals surface area contributed by atoms with Crippen LogP contribution in [-0.2, 0) is 22.7 Å². The number of piperidine rings is 1. The third-order valence-corrected chi connectivity index (χ3v) is 7.21. The molecule has 35 heavy (non-hydrogen) atoms. The number of amides is 3. The molecule has 6 rings (SSSR count). The minimum atomic E-state index is -0.716. The predicted octanol–water partition coefficient (Wildman–Crippen LogP) is 1.56. The zero-order valence-electron chi connectivity index (χ0n) is 19.1. The van der Waals surface area contributed by atoms with Gasteiger partial charge in [-0.15, -0.1) is 0 Å². The van der Waals surface area contributed by atoms with Crippen LogP contribution in [0.1, 0.15) is 34.3 Å². The van der Waals surface area contributed by atoms with Gasteiger partial charge in [0, 0.05) is 74.3 Å². The van der Waals surface area contributed by atoms with Crippen LogP contribution in [0.25, 0.3) is 5.52 Å². The van der Waals surface area contributed by atoms with Crippen LogP contribution in [-0.4, -0.2) is 69.4 Å². The van der Waals surface area contributed by atoms with Crippen molar-refractivity contribution in [2.75, 3.05) is 31.1 Å². The van der Waals surface area contributed by atoms with Gasteiger partial charge in [0.05, 0.1) is 11.7 Å². The van der Waals surface area contributed by atoms with Crippen molar-refractivity contribution >= 4 is 28.9 Å². The standard InChI is InChI=1S/C25H25FN6O3/c26-17-11-18-19(15-31(25(18)35)21-4-5-23(33)28-24(21)34)22(12-17)30-9-7-29(8-10-30)14-16-13-27-32-6-2-1-3-20(16)32/h1-3,6,11-13,21H,4-5,7-10,14-15H2,(H,28,33,34). The number of fused-ring (bicyclic) bond motifs is 2. The molecule has 3 amide bonds. The molecule has 9 nitrogen and oxygen atoms in total. The maximum atomic E-state index is 14.6. The van der Waals surface area contributed by atoms with Crippen molar-refractivity contribution in [1.82, 2.24) is 24.7 Å². The summed E-state index contributed by atoms with van der Waals surface area (Å²) in [5, 5.41) is 6.72. The Morgan fingerprint density at radius 3 is 2.71 bits per heavy atom. The van der Waals surface area contributed by atoms with Crippen LogP contribution in [0.5, 0.6) is 0 Å². The van der Waals surface area contributed by atoms with Crippen LogP contribution in [0.15, 0.2) is 42.7 Å². The lowest BCUT2D eigenvalue weighted by Gasteiger charge is -2.37. The molecule has 1 N–H and O–H groups in total. The number of pyridine rings is 1. The number of nitrogens with one attached hydrogen (secondary N) is 1. The van der Waals surface area contributed by atoms with Crippen molar-refractivity contribution in [3.05, 3.63) is 65.2 Å². The first-order valence-electron chi connectivity index (χ1n) is 11.8. The van der Waals surface area contributed by atoms with Crippen LogP contribution < -0.4 is 10.2 Å². The molecule has 0 aliphatic carbocycles. The molecule has 2 fully saturated rings. The molecule has 1 unspecified atom stereocenters. The van der Waals surface area contributed by atoms with E-state index in [9.17, 15) is 18.8 Å². The largest absolute Gasteiger partial charge is 0.369 e. The summed E-state index contributed by atoms with van der Waals surface area (Å²) < 4.78 is 16.5. The van der Waals surface area contributed by atoms with Gasteiger partial charge in [0.2, 0.25) is 11.8 Å². The fourth-order valence-corrected chi connectivity index (χ4v) is 5.39. The molecule has 2 aromatic heterocycles. The number of imide groups is 1. The van der Waals surface area contributed by atoms with E-state index in [1.807, 2.05) is 29.0 Å². The smallest absolute Gasteiger partial charge is 0.255 e. The summed E-state index contributed by atoms with van der Waals surface area (Å²) in [4.78, 5) is 42.9. The highest BCUT2D eigenvalue weighted by atomic mass is 19.1. The summed E-state index contributed by atoms with van der Waals surface area (Å²) in [5.74, 6) is -1.62. The minimum Gasteiger partial charge on any atom is -0.369 e. The second-order valence-corrected chi connectivity index (χ2v) is 9.31. The lowest BCUT2D eigenvalue weighted by atomic mass is 10.0. The molecular weight excluding hydrogens is 451 g/mol. The first kappa shape index (κ1) is 21.7. The Kier molecular flexibility index (Phi) is 5.25. The highest BCUT2D eigenvalue weighted by Crippen LogP contribution is 2.35. The third-order valence-electron chi connectivity index (χ3n) is 7.21. The van der Waals surface area contributed by atoms with Crippen LogP contribution in [0.4, 0.5) is 10.1 Å². The third kappa shape index (κ3) is 3.83. The van der Waals surface area contributed by atoms with Gasteiger partial charge in [0.1, 0.15) is 11.9 Å². The molecule has 180 valence electrons. The molecule has 1 aromatic carbocycles. The van der Waals surface area contributed by atoms with Crippen molar-refractivity contribution in [2.24, 2.45) is 0 Å². The van der Waals surface area contributed by atoms with Crippen molar-refractivity contribution < 1.29 is 18.8 Å².